The van der Waals surface area contributed by atoms with Crippen LogP contribution in [0.1, 0.15) is 36.9 Å². The van der Waals surface area contributed by atoms with E-state index in [-0.39, 0.29) is 6.61 Å². The van der Waals surface area contributed by atoms with Gasteiger partial charge in [0.25, 0.3) is 0 Å². The lowest BCUT2D eigenvalue weighted by molar-refractivity contribution is 0.282. The van der Waals surface area contributed by atoms with Crippen molar-refractivity contribution in [3.8, 4) is 0 Å². The maximum absolute atomic E-state index is 9.07. The summed E-state index contributed by atoms with van der Waals surface area (Å²) >= 11 is 5.13. The zero-order valence-electron chi connectivity index (χ0n) is 11.3. The first-order valence-corrected chi connectivity index (χ1v) is 7.19. The molecule has 1 aromatic rings. The quantitative estimate of drug-likeness (QED) is 0.777. The molecule has 0 bridgehead atoms. The van der Waals surface area contributed by atoms with Crippen molar-refractivity contribution >= 4 is 23.0 Å². The highest BCUT2D eigenvalue weighted by Gasteiger charge is 2.27. The van der Waals surface area contributed by atoms with Crippen LogP contribution in [0.2, 0.25) is 0 Å². The third-order valence-corrected chi connectivity index (χ3v) is 3.84. The Balaban J connectivity index is 2.33. The molecule has 0 atom stereocenters. The van der Waals surface area contributed by atoms with Crippen LogP contribution in [0.4, 0.5) is 5.82 Å². The number of anilines is 1. The minimum atomic E-state index is 0.192. The second-order valence-electron chi connectivity index (χ2n) is 5.04. The number of aryl methyl sites for hydroxylation is 1. The van der Waals surface area contributed by atoms with Gasteiger partial charge >= 0.3 is 0 Å². The SMILES string of the molecule is Cc1ccc(C(N)=S)c(N(CCCO)C2CCC2)n1. The highest BCUT2D eigenvalue weighted by Crippen LogP contribution is 2.30. The summed E-state index contributed by atoms with van der Waals surface area (Å²) in [4.78, 5) is 7.28. The minimum Gasteiger partial charge on any atom is -0.396 e. The average molecular weight is 279 g/mol. The van der Waals surface area contributed by atoms with Gasteiger partial charge in [-0.15, -0.1) is 0 Å². The van der Waals surface area contributed by atoms with E-state index in [0.29, 0.717) is 11.0 Å². The highest BCUT2D eigenvalue weighted by molar-refractivity contribution is 7.80. The van der Waals surface area contributed by atoms with Gasteiger partial charge in [0.15, 0.2) is 0 Å². The number of thiocarbonyl (C=S) groups is 1. The Bertz CT molecular complexity index is 460. The van der Waals surface area contributed by atoms with E-state index in [2.05, 4.69) is 9.88 Å². The van der Waals surface area contributed by atoms with Gasteiger partial charge < -0.3 is 15.7 Å². The number of hydrogen-bond acceptors (Lipinski definition) is 4. The van der Waals surface area contributed by atoms with Crippen molar-refractivity contribution in [3.63, 3.8) is 0 Å². The van der Waals surface area contributed by atoms with Gasteiger partial charge in [0.2, 0.25) is 0 Å². The summed E-state index contributed by atoms with van der Waals surface area (Å²) < 4.78 is 0. The molecule has 1 aliphatic rings. The average Bonchev–Trinajstić information content (AvgIpc) is 2.31. The third-order valence-electron chi connectivity index (χ3n) is 3.62. The molecule has 4 nitrogen and oxygen atoms in total. The topological polar surface area (TPSA) is 62.4 Å². The van der Waals surface area contributed by atoms with Crippen molar-refractivity contribution in [2.45, 2.75) is 38.6 Å². The number of aliphatic hydroxyl groups is 1. The maximum Gasteiger partial charge on any atom is 0.139 e. The van der Waals surface area contributed by atoms with Crippen molar-refractivity contribution in [2.24, 2.45) is 5.73 Å². The lowest BCUT2D eigenvalue weighted by Crippen LogP contribution is -2.42. The summed E-state index contributed by atoms with van der Waals surface area (Å²) in [5.74, 6) is 0.880. The lowest BCUT2D eigenvalue weighted by atomic mass is 9.91. The Morgan fingerprint density at radius 1 is 1.53 bits per heavy atom. The molecule has 0 unspecified atom stereocenters. The van der Waals surface area contributed by atoms with Gasteiger partial charge in [0.05, 0.1) is 5.56 Å². The molecule has 3 N–H and O–H groups in total. The van der Waals surface area contributed by atoms with Crippen LogP contribution in [0.15, 0.2) is 12.1 Å². The summed E-state index contributed by atoms with van der Waals surface area (Å²) in [6, 6.07) is 4.39. The first-order valence-electron chi connectivity index (χ1n) is 6.78. The fourth-order valence-corrected chi connectivity index (χ4v) is 2.51. The molecular weight excluding hydrogens is 258 g/mol. The number of hydrogen-bond donors (Lipinski definition) is 2. The van der Waals surface area contributed by atoms with Crippen LogP contribution >= 0.6 is 12.2 Å². The molecule has 1 saturated carbocycles. The van der Waals surface area contributed by atoms with E-state index in [1.54, 1.807) is 0 Å². The van der Waals surface area contributed by atoms with Gasteiger partial charge in [0, 0.05) is 24.9 Å². The monoisotopic (exact) mass is 279 g/mol. The van der Waals surface area contributed by atoms with E-state index in [0.717, 1.165) is 30.0 Å². The van der Waals surface area contributed by atoms with E-state index in [4.69, 9.17) is 23.1 Å². The van der Waals surface area contributed by atoms with Crippen LogP contribution in [0.3, 0.4) is 0 Å². The van der Waals surface area contributed by atoms with E-state index in [1.807, 2.05) is 19.1 Å². The van der Waals surface area contributed by atoms with Gasteiger partial charge in [-0.25, -0.2) is 4.98 Å². The first-order chi connectivity index (χ1) is 9.13. The maximum atomic E-state index is 9.07. The Morgan fingerprint density at radius 3 is 2.79 bits per heavy atom. The fourth-order valence-electron chi connectivity index (χ4n) is 2.36. The van der Waals surface area contributed by atoms with Gasteiger partial charge in [-0.05, 0) is 44.7 Å². The van der Waals surface area contributed by atoms with Crippen molar-refractivity contribution in [2.75, 3.05) is 18.1 Å². The Morgan fingerprint density at radius 2 is 2.26 bits per heavy atom. The van der Waals surface area contributed by atoms with Crippen LogP contribution in [-0.2, 0) is 0 Å². The smallest absolute Gasteiger partial charge is 0.139 e. The van der Waals surface area contributed by atoms with Crippen molar-refractivity contribution in [1.29, 1.82) is 0 Å². The minimum absolute atomic E-state index is 0.192. The Hall–Kier alpha value is -1.20. The van der Waals surface area contributed by atoms with E-state index >= 15 is 0 Å². The van der Waals surface area contributed by atoms with Crippen LogP contribution in [0, 0.1) is 6.92 Å². The number of nitrogens with zero attached hydrogens (tertiary/aromatic N) is 2. The Kier molecular flexibility index (Phi) is 4.71. The lowest BCUT2D eigenvalue weighted by Gasteiger charge is -2.39. The molecule has 1 heterocycles. The van der Waals surface area contributed by atoms with E-state index in [9.17, 15) is 0 Å². The van der Waals surface area contributed by atoms with Crippen molar-refractivity contribution < 1.29 is 5.11 Å². The molecule has 0 radical (unpaired) electrons. The zero-order valence-corrected chi connectivity index (χ0v) is 12.1. The molecule has 104 valence electrons. The van der Waals surface area contributed by atoms with Crippen LogP contribution < -0.4 is 10.6 Å². The third kappa shape index (κ3) is 3.22. The predicted octanol–water partition coefficient (Wildman–Crippen LogP) is 1.77. The van der Waals surface area contributed by atoms with Gasteiger partial charge in [-0.2, -0.15) is 0 Å². The molecule has 0 spiro atoms. The molecule has 0 aliphatic heterocycles. The molecule has 0 saturated heterocycles. The fraction of sp³-hybridized carbons (Fsp3) is 0.571. The van der Waals surface area contributed by atoms with Crippen LogP contribution in [0.5, 0.6) is 0 Å². The molecule has 19 heavy (non-hydrogen) atoms. The first kappa shape index (κ1) is 14.2. The molecule has 1 aromatic heterocycles. The van der Waals surface area contributed by atoms with Gasteiger partial charge in [0.1, 0.15) is 10.8 Å². The predicted molar refractivity (Wildman–Crippen MR) is 81.5 cm³/mol. The summed E-state index contributed by atoms with van der Waals surface area (Å²) in [6.07, 6.45) is 4.35. The number of rotatable bonds is 6. The molecule has 0 aromatic carbocycles. The zero-order chi connectivity index (χ0) is 13.8. The molecular formula is C14H21N3OS. The van der Waals surface area contributed by atoms with E-state index in [1.165, 1.54) is 19.3 Å². The number of aliphatic hydroxyl groups excluding tert-OH is 1. The second-order valence-corrected chi connectivity index (χ2v) is 5.48. The standard InChI is InChI=1S/C14H21N3OS/c1-10-6-7-12(13(15)19)14(16-10)17(8-3-9-18)11-4-2-5-11/h6-7,11,18H,2-5,8-9H2,1H3,(H2,15,19). The van der Waals surface area contributed by atoms with Crippen LogP contribution in [0.25, 0.3) is 0 Å². The molecule has 2 rings (SSSR count). The summed E-state index contributed by atoms with van der Waals surface area (Å²) in [5, 5.41) is 9.07. The van der Waals surface area contributed by atoms with Gasteiger partial charge in [-0.3, -0.25) is 0 Å². The molecule has 0 amide bonds. The van der Waals surface area contributed by atoms with Crippen LogP contribution in [-0.4, -0.2) is 34.3 Å². The van der Waals surface area contributed by atoms with E-state index < -0.39 is 0 Å². The Labute approximate surface area is 119 Å². The van der Waals surface area contributed by atoms with Crippen molar-refractivity contribution in [3.05, 3.63) is 23.4 Å². The largest absolute Gasteiger partial charge is 0.396 e. The van der Waals surface area contributed by atoms with Gasteiger partial charge in [-0.1, -0.05) is 12.2 Å². The normalized spacial score (nSPS) is 15.1. The van der Waals surface area contributed by atoms with Crippen molar-refractivity contribution in [1.82, 2.24) is 4.98 Å². The summed E-state index contributed by atoms with van der Waals surface area (Å²) in [6.45, 7) is 2.96. The second kappa shape index (κ2) is 6.30. The number of nitrogens with two attached hydrogens (primary N) is 1. The molecule has 1 fully saturated rings. The number of pyridine rings is 1. The summed E-state index contributed by atoms with van der Waals surface area (Å²) in [7, 11) is 0. The molecule has 5 heteroatoms. The number of aromatic nitrogens is 1. The summed E-state index contributed by atoms with van der Waals surface area (Å²) in [5.41, 5.74) is 7.61. The highest BCUT2D eigenvalue weighted by atomic mass is 32.1. The molecule has 1 aliphatic carbocycles.